The highest BCUT2D eigenvalue weighted by Crippen LogP contribution is 2.16. The number of aromatic nitrogens is 4. The third-order valence-electron chi connectivity index (χ3n) is 3.04. The van der Waals surface area contributed by atoms with Crippen molar-refractivity contribution in [3.63, 3.8) is 0 Å². The molecular formula is C13H15N5O2. The summed E-state index contributed by atoms with van der Waals surface area (Å²) in [6, 6.07) is 3.57. The van der Waals surface area contributed by atoms with Gasteiger partial charge in [-0.3, -0.25) is 14.9 Å². The van der Waals surface area contributed by atoms with Gasteiger partial charge in [0.2, 0.25) is 0 Å². The first-order valence-electron chi connectivity index (χ1n) is 6.41. The number of amides is 1. The fourth-order valence-corrected chi connectivity index (χ4v) is 1.82. The number of nitrogens with one attached hydrogen (secondary N) is 2. The van der Waals surface area contributed by atoms with E-state index in [0.29, 0.717) is 23.9 Å². The third kappa shape index (κ3) is 2.67. The number of hydrogen-bond donors (Lipinski definition) is 2. The van der Waals surface area contributed by atoms with Gasteiger partial charge >= 0.3 is 0 Å². The van der Waals surface area contributed by atoms with E-state index in [1.165, 1.54) is 0 Å². The van der Waals surface area contributed by atoms with Crippen LogP contribution in [0, 0.1) is 6.92 Å². The number of carbonyl (C=O) groups excluding carboxylic acids is 1. The normalized spacial score (nSPS) is 18.6. The first kappa shape index (κ1) is 12.7. The number of hydrogen-bond acceptors (Lipinski definition) is 5. The number of carbonyl (C=O) groups is 1. The minimum absolute atomic E-state index is 0.121. The van der Waals surface area contributed by atoms with Crippen molar-refractivity contribution in [2.24, 2.45) is 0 Å². The highest BCUT2D eigenvalue weighted by atomic mass is 16.6. The van der Waals surface area contributed by atoms with Crippen LogP contribution in [0.2, 0.25) is 0 Å². The number of epoxide rings is 1. The second-order valence-electron chi connectivity index (χ2n) is 4.81. The fourth-order valence-electron chi connectivity index (χ4n) is 1.82. The number of ether oxygens (including phenoxy) is 1. The Morgan fingerprint density at radius 1 is 1.60 bits per heavy atom. The van der Waals surface area contributed by atoms with E-state index in [0.717, 1.165) is 5.56 Å². The first-order valence-corrected chi connectivity index (χ1v) is 6.41. The van der Waals surface area contributed by atoms with Gasteiger partial charge in [0.15, 0.2) is 11.9 Å². The Balaban J connectivity index is 1.74. The van der Waals surface area contributed by atoms with Crippen molar-refractivity contribution in [2.75, 3.05) is 6.61 Å². The van der Waals surface area contributed by atoms with E-state index in [1.54, 1.807) is 6.20 Å². The minimum Gasteiger partial charge on any atom is -0.363 e. The van der Waals surface area contributed by atoms with Crippen LogP contribution in [0.4, 0.5) is 0 Å². The molecule has 2 aromatic heterocycles. The van der Waals surface area contributed by atoms with Gasteiger partial charge in [0.05, 0.1) is 12.6 Å². The number of pyridine rings is 1. The Hall–Kier alpha value is -2.28. The zero-order valence-corrected chi connectivity index (χ0v) is 11.3. The molecule has 7 nitrogen and oxygen atoms in total. The van der Waals surface area contributed by atoms with Gasteiger partial charge in [-0.1, -0.05) is 0 Å². The summed E-state index contributed by atoms with van der Waals surface area (Å²) in [4.78, 5) is 20.2. The van der Waals surface area contributed by atoms with Crippen molar-refractivity contribution in [2.45, 2.75) is 26.0 Å². The maximum atomic E-state index is 11.6. The molecule has 1 fully saturated rings. The molecular weight excluding hydrogens is 258 g/mol. The summed E-state index contributed by atoms with van der Waals surface area (Å²) < 4.78 is 4.93. The minimum atomic E-state index is -0.307. The van der Waals surface area contributed by atoms with E-state index in [-0.39, 0.29) is 18.1 Å². The topological polar surface area (TPSA) is 96.1 Å². The van der Waals surface area contributed by atoms with Crippen molar-refractivity contribution >= 4 is 5.91 Å². The quantitative estimate of drug-likeness (QED) is 0.801. The van der Waals surface area contributed by atoms with E-state index < -0.39 is 0 Å². The van der Waals surface area contributed by atoms with Crippen molar-refractivity contribution < 1.29 is 9.53 Å². The fraction of sp³-hybridized carbons (Fsp3) is 0.385. The van der Waals surface area contributed by atoms with Crippen LogP contribution in [0.1, 0.15) is 24.4 Å². The molecule has 0 saturated carbocycles. The van der Waals surface area contributed by atoms with Gasteiger partial charge < -0.3 is 10.1 Å². The predicted octanol–water partition coefficient (Wildman–Crippen LogP) is 0.751. The Morgan fingerprint density at radius 3 is 3.10 bits per heavy atom. The van der Waals surface area contributed by atoms with Gasteiger partial charge in [-0.15, -0.1) is 0 Å². The lowest BCUT2D eigenvalue weighted by atomic mass is 10.2. The molecule has 1 saturated heterocycles. The summed E-state index contributed by atoms with van der Waals surface area (Å²) in [6.45, 7) is 4.32. The highest BCUT2D eigenvalue weighted by molar-refractivity contribution is 5.83. The molecule has 0 bridgehead atoms. The van der Waals surface area contributed by atoms with Gasteiger partial charge in [0.25, 0.3) is 5.91 Å². The maximum Gasteiger partial charge on any atom is 0.252 e. The monoisotopic (exact) mass is 273 g/mol. The highest BCUT2D eigenvalue weighted by Gasteiger charge is 2.32. The smallest absolute Gasteiger partial charge is 0.252 e. The number of nitrogens with zero attached hydrogens (tertiary/aromatic N) is 3. The van der Waals surface area contributed by atoms with Crippen molar-refractivity contribution in [3.05, 3.63) is 29.7 Å². The summed E-state index contributed by atoms with van der Waals surface area (Å²) in [7, 11) is 0. The van der Waals surface area contributed by atoms with Crippen LogP contribution < -0.4 is 5.32 Å². The average molecular weight is 273 g/mol. The largest absolute Gasteiger partial charge is 0.363 e. The second-order valence-corrected chi connectivity index (χ2v) is 4.81. The van der Waals surface area contributed by atoms with E-state index in [9.17, 15) is 4.79 Å². The Morgan fingerprint density at radius 2 is 2.40 bits per heavy atom. The average Bonchev–Trinajstić information content (AvgIpc) is 3.16. The van der Waals surface area contributed by atoms with Gasteiger partial charge in [0.1, 0.15) is 11.5 Å². The summed E-state index contributed by atoms with van der Waals surface area (Å²) in [5.74, 6) is 0.994. The molecule has 0 aliphatic carbocycles. The standard InChI is InChI=1S/C13H15N5O2/c1-7-3-4-14-9(5-7)12-16-11(17-18-12)8(2)15-13(19)10-6-20-10/h3-5,8,10H,6H2,1-2H3,(H,15,19)(H,16,17,18). The van der Waals surface area contributed by atoms with Gasteiger partial charge in [-0.25, -0.2) is 4.98 Å². The Labute approximate surface area is 115 Å². The number of rotatable bonds is 4. The number of aryl methyl sites for hydroxylation is 1. The van der Waals surface area contributed by atoms with Gasteiger partial charge in [0, 0.05) is 6.20 Å². The van der Waals surface area contributed by atoms with Crippen LogP contribution in [-0.4, -0.2) is 38.8 Å². The molecule has 1 aliphatic rings. The van der Waals surface area contributed by atoms with Crippen molar-refractivity contribution in [1.82, 2.24) is 25.5 Å². The van der Waals surface area contributed by atoms with Crippen LogP contribution in [-0.2, 0) is 9.53 Å². The third-order valence-corrected chi connectivity index (χ3v) is 3.04. The molecule has 104 valence electrons. The van der Waals surface area contributed by atoms with Crippen LogP contribution in [0.15, 0.2) is 18.3 Å². The molecule has 20 heavy (non-hydrogen) atoms. The molecule has 2 aromatic rings. The molecule has 3 rings (SSSR count). The molecule has 2 atom stereocenters. The molecule has 1 amide bonds. The summed E-state index contributed by atoms with van der Waals surface area (Å²) in [5, 5.41) is 9.78. The first-order chi connectivity index (χ1) is 9.63. The van der Waals surface area contributed by atoms with Crippen LogP contribution in [0.25, 0.3) is 11.5 Å². The molecule has 2 N–H and O–H groups in total. The summed E-state index contributed by atoms with van der Waals surface area (Å²) in [5.41, 5.74) is 1.80. The number of aromatic amines is 1. The Bertz CT molecular complexity index is 635. The summed E-state index contributed by atoms with van der Waals surface area (Å²) in [6.07, 6.45) is 1.41. The maximum absolute atomic E-state index is 11.6. The predicted molar refractivity (Wildman–Crippen MR) is 70.6 cm³/mol. The molecule has 1 aliphatic heterocycles. The zero-order valence-electron chi connectivity index (χ0n) is 11.3. The van der Waals surface area contributed by atoms with Crippen molar-refractivity contribution in [1.29, 1.82) is 0 Å². The summed E-state index contributed by atoms with van der Waals surface area (Å²) >= 11 is 0. The van der Waals surface area contributed by atoms with Crippen molar-refractivity contribution in [3.8, 4) is 11.5 Å². The van der Waals surface area contributed by atoms with Crippen LogP contribution in [0.3, 0.4) is 0 Å². The molecule has 7 heteroatoms. The Kier molecular flexibility index (Phi) is 3.19. The number of H-pyrrole nitrogens is 1. The van der Waals surface area contributed by atoms with E-state index in [4.69, 9.17) is 4.74 Å². The molecule has 2 unspecified atom stereocenters. The molecule has 0 radical (unpaired) electrons. The van der Waals surface area contributed by atoms with E-state index in [2.05, 4.69) is 25.5 Å². The van der Waals surface area contributed by atoms with Crippen LogP contribution >= 0.6 is 0 Å². The molecule has 0 aromatic carbocycles. The zero-order chi connectivity index (χ0) is 14.1. The van der Waals surface area contributed by atoms with Gasteiger partial charge in [-0.05, 0) is 31.5 Å². The molecule has 3 heterocycles. The van der Waals surface area contributed by atoms with Gasteiger partial charge in [-0.2, -0.15) is 5.10 Å². The van der Waals surface area contributed by atoms with E-state index >= 15 is 0 Å². The SMILES string of the molecule is Cc1ccnc(-c2n[nH]c(C(C)NC(=O)C3CO3)n2)c1. The lowest BCUT2D eigenvalue weighted by Crippen LogP contribution is -2.31. The second kappa shape index (κ2) is 5.01. The lowest BCUT2D eigenvalue weighted by Gasteiger charge is -2.09. The van der Waals surface area contributed by atoms with E-state index in [1.807, 2.05) is 26.0 Å². The molecule has 0 spiro atoms. The lowest BCUT2D eigenvalue weighted by molar-refractivity contribution is -0.123. The van der Waals surface area contributed by atoms with Crippen LogP contribution in [0.5, 0.6) is 0 Å².